The topological polar surface area (TPSA) is 66.9 Å². The number of rotatable bonds is 25. The van der Waals surface area contributed by atoms with Gasteiger partial charge in [0, 0.05) is 23.3 Å². The lowest BCUT2D eigenvalue weighted by molar-refractivity contribution is -0.142. The predicted octanol–water partition coefficient (Wildman–Crippen LogP) is 17.6. The second-order valence-corrected chi connectivity index (χ2v) is 46.4. The summed E-state index contributed by atoms with van der Waals surface area (Å²) in [6.45, 7) is 62.4. The van der Waals surface area contributed by atoms with Crippen molar-refractivity contribution < 1.29 is 22.5 Å². The standard InChI is InChI=1S/C53H105NO5SSi4/c1-28-30-44(48(55)53(18,19)46(58-63(24,25)51(12,13)14)35-36-56-61(20,21)49(6,7)8)47(59-64(26,27)52(15,16)17)40(3)32-29-31-39(2)33-34-45(57-62(22,23)50(9,10)11)41(4)37-43-38-60-42(5)54-43/h33,37-38,40,44-47H,28-32,34-36H2,1-27H3/b39-33-,41-37+/t40-,44+,45-,46-,47-/m0/s1. The Morgan fingerprint density at radius 3 is 1.66 bits per heavy atom. The number of hydrogen-bond donors (Lipinski definition) is 0. The second-order valence-electron chi connectivity index (χ2n) is 26.3. The molecule has 5 atom stereocenters. The Morgan fingerprint density at radius 1 is 0.719 bits per heavy atom. The van der Waals surface area contributed by atoms with Gasteiger partial charge >= 0.3 is 0 Å². The molecule has 0 fully saturated rings. The average Bonchev–Trinajstić information content (AvgIpc) is 3.52. The molecule has 0 bridgehead atoms. The van der Waals surface area contributed by atoms with Crippen molar-refractivity contribution in [3.8, 4) is 0 Å². The van der Waals surface area contributed by atoms with E-state index in [1.165, 1.54) is 11.1 Å². The number of hydrogen-bond acceptors (Lipinski definition) is 7. The molecule has 0 aliphatic carbocycles. The molecule has 1 aromatic heterocycles. The van der Waals surface area contributed by atoms with Crippen LogP contribution in [0, 0.1) is 24.2 Å². The average molecular weight is 981 g/mol. The minimum atomic E-state index is -2.26. The van der Waals surface area contributed by atoms with Crippen LogP contribution in [0.5, 0.6) is 0 Å². The van der Waals surface area contributed by atoms with Crippen LogP contribution in [0.2, 0.25) is 72.5 Å². The van der Waals surface area contributed by atoms with Crippen molar-refractivity contribution in [3.63, 3.8) is 0 Å². The fourth-order valence-electron chi connectivity index (χ4n) is 7.15. The molecule has 64 heavy (non-hydrogen) atoms. The summed E-state index contributed by atoms with van der Waals surface area (Å²) in [4.78, 5) is 20.3. The van der Waals surface area contributed by atoms with E-state index in [2.05, 4.69) is 201 Å². The maximum absolute atomic E-state index is 15.6. The van der Waals surface area contributed by atoms with Gasteiger partial charge in [-0.3, -0.25) is 4.79 Å². The van der Waals surface area contributed by atoms with Gasteiger partial charge in [-0.2, -0.15) is 0 Å². The first-order chi connectivity index (χ1) is 28.5. The van der Waals surface area contributed by atoms with E-state index >= 15 is 4.79 Å². The molecule has 0 aliphatic rings. The summed E-state index contributed by atoms with van der Waals surface area (Å²) in [6.07, 6.45) is 10.5. The van der Waals surface area contributed by atoms with Crippen molar-refractivity contribution in [1.82, 2.24) is 4.98 Å². The van der Waals surface area contributed by atoms with Crippen molar-refractivity contribution in [2.75, 3.05) is 6.61 Å². The van der Waals surface area contributed by atoms with Crippen LogP contribution in [0.3, 0.4) is 0 Å². The van der Waals surface area contributed by atoms with Crippen molar-refractivity contribution in [2.24, 2.45) is 17.3 Å². The van der Waals surface area contributed by atoms with Gasteiger partial charge in [-0.05, 0) is 149 Å². The monoisotopic (exact) mass is 980 g/mol. The highest BCUT2D eigenvalue weighted by molar-refractivity contribution is 7.09. The van der Waals surface area contributed by atoms with Gasteiger partial charge in [-0.1, -0.05) is 129 Å². The quantitative estimate of drug-likeness (QED) is 0.0718. The molecular formula is C53H105NO5SSi4. The number of carbonyl (C=O) groups is 1. The summed E-state index contributed by atoms with van der Waals surface area (Å²) < 4.78 is 28.7. The third-order valence-electron chi connectivity index (χ3n) is 16.1. The highest BCUT2D eigenvalue weighted by Crippen LogP contribution is 2.46. The van der Waals surface area contributed by atoms with E-state index in [-0.39, 0.29) is 50.3 Å². The third kappa shape index (κ3) is 17.8. The normalized spacial score (nSPS) is 17.4. The van der Waals surface area contributed by atoms with E-state index in [0.717, 1.165) is 49.2 Å². The molecule has 6 nitrogen and oxygen atoms in total. The molecule has 1 aromatic rings. The summed E-state index contributed by atoms with van der Waals surface area (Å²) in [7, 11) is -8.52. The smallest absolute Gasteiger partial charge is 0.192 e. The van der Waals surface area contributed by atoms with Gasteiger partial charge in [0.2, 0.25) is 0 Å². The molecule has 0 saturated carbocycles. The van der Waals surface area contributed by atoms with Gasteiger partial charge in [0.15, 0.2) is 33.3 Å². The molecule has 1 rings (SSSR count). The number of Topliss-reactive ketones (excluding diaryl/α,β-unsaturated/α-hetero) is 1. The Balaban J connectivity index is 3.60. The fraction of sp³-hybridized carbons (Fsp3) is 0.849. The summed E-state index contributed by atoms with van der Waals surface area (Å²) in [6, 6.07) is 0. The SMILES string of the molecule is CCC[C@@H](C(=O)C(C)(C)[C@H](CCO[Si](C)(C)C(C)(C)C)O[Si](C)(C)C(C)(C)C)[C@@H](O[Si](C)(C)C(C)(C)C)[C@@H](C)CCC/C(C)=C\C[C@H](O[Si](C)(C)C(C)(C)C)/C(C)=C/c1csc(C)n1. The Hall–Kier alpha value is -0.512. The van der Waals surface area contributed by atoms with Gasteiger partial charge < -0.3 is 17.7 Å². The number of nitrogens with zero attached hydrogens (tertiary/aromatic N) is 1. The first kappa shape index (κ1) is 61.5. The van der Waals surface area contributed by atoms with Crippen LogP contribution in [0.25, 0.3) is 6.08 Å². The van der Waals surface area contributed by atoms with E-state index < -0.39 is 38.7 Å². The number of thiazole rings is 1. The number of aromatic nitrogens is 1. The highest BCUT2D eigenvalue weighted by Gasteiger charge is 2.50. The van der Waals surface area contributed by atoms with Crippen molar-refractivity contribution in [3.05, 3.63) is 33.3 Å². The molecule has 11 heteroatoms. The van der Waals surface area contributed by atoms with E-state index in [1.54, 1.807) is 11.3 Å². The zero-order valence-corrected chi connectivity index (χ0v) is 52.0. The molecule has 1 heterocycles. The highest BCUT2D eigenvalue weighted by atomic mass is 32.1. The van der Waals surface area contributed by atoms with Crippen molar-refractivity contribution >= 4 is 56.5 Å². The largest absolute Gasteiger partial charge is 0.417 e. The van der Waals surface area contributed by atoms with E-state index in [1.807, 2.05) is 0 Å². The molecular weight excluding hydrogens is 875 g/mol. The van der Waals surface area contributed by atoms with Crippen LogP contribution in [-0.4, -0.2) is 69.0 Å². The minimum Gasteiger partial charge on any atom is -0.417 e. The Bertz CT molecular complexity index is 1670. The van der Waals surface area contributed by atoms with Crippen LogP contribution in [0.1, 0.15) is 180 Å². The van der Waals surface area contributed by atoms with Crippen LogP contribution in [-0.2, 0) is 22.5 Å². The molecule has 0 saturated heterocycles. The fourth-order valence-corrected chi connectivity index (χ4v) is 13.0. The van der Waals surface area contributed by atoms with E-state index in [4.69, 9.17) is 22.7 Å². The van der Waals surface area contributed by atoms with Crippen LogP contribution < -0.4 is 0 Å². The molecule has 0 aromatic carbocycles. The number of carbonyl (C=O) groups excluding carboxylic acids is 1. The Labute approximate surface area is 406 Å². The van der Waals surface area contributed by atoms with Gasteiger partial charge in [-0.15, -0.1) is 11.3 Å². The Morgan fingerprint density at radius 2 is 1.20 bits per heavy atom. The summed E-state index contributed by atoms with van der Waals surface area (Å²) in [5.74, 6) is 0.277. The molecule has 0 spiro atoms. The zero-order valence-electron chi connectivity index (χ0n) is 47.2. The van der Waals surface area contributed by atoms with Gasteiger partial charge in [0.25, 0.3) is 0 Å². The van der Waals surface area contributed by atoms with Gasteiger partial charge in [0.1, 0.15) is 5.78 Å². The molecule has 0 aliphatic heterocycles. The maximum atomic E-state index is 15.6. The number of allylic oxidation sites excluding steroid dienone is 1. The first-order valence-electron chi connectivity index (χ1n) is 25.0. The first-order valence-corrected chi connectivity index (χ1v) is 37.5. The number of aryl methyl sites for hydroxylation is 1. The molecule has 0 unspecified atom stereocenters. The van der Waals surface area contributed by atoms with Crippen molar-refractivity contribution in [1.29, 1.82) is 0 Å². The van der Waals surface area contributed by atoms with Crippen LogP contribution >= 0.6 is 11.3 Å². The van der Waals surface area contributed by atoms with E-state index in [0.29, 0.717) is 18.8 Å². The third-order valence-corrected chi connectivity index (χ3v) is 34.9. The lowest BCUT2D eigenvalue weighted by Gasteiger charge is -2.47. The summed E-state index contributed by atoms with van der Waals surface area (Å²) in [5.41, 5.74) is 2.91. The summed E-state index contributed by atoms with van der Waals surface area (Å²) >= 11 is 1.69. The number of ketones is 1. The maximum Gasteiger partial charge on any atom is 0.192 e. The molecule has 374 valence electrons. The van der Waals surface area contributed by atoms with Crippen LogP contribution in [0.15, 0.2) is 22.6 Å². The lowest BCUT2D eigenvalue weighted by atomic mass is 9.71. The van der Waals surface area contributed by atoms with Crippen molar-refractivity contribution in [2.45, 2.75) is 267 Å². The van der Waals surface area contributed by atoms with Crippen LogP contribution in [0.4, 0.5) is 0 Å². The van der Waals surface area contributed by atoms with E-state index in [9.17, 15) is 0 Å². The minimum absolute atomic E-state index is 0.00590. The van der Waals surface area contributed by atoms with Gasteiger partial charge in [0.05, 0.1) is 29.0 Å². The Kier molecular flexibility index (Phi) is 22.5. The molecule has 0 N–H and O–H groups in total. The van der Waals surface area contributed by atoms with Gasteiger partial charge in [-0.25, -0.2) is 4.98 Å². The lowest BCUT2D eigenvalue weighted by Crippen LogP contribution is -2.55. The second kappa shape index (κ2) is 23.4. The summed E-state index contributed by atoms with van der Waals surface area (Å²) in [5, 5.41) is 3.47. The molecule has 0 amide bonds. The predicted molar refractivity (Wildman–Crippen MR) is 293 cm³/mol. The zero-order chi connectivity index (χ0) is 50.3. The molecule has 0 radical (unpaired) electrons.